The van der Waals surface area contributed by atoms with E-state index in [9.17, 15) is 4.79 Å². The molecule has 2 N–H and O–H groups in total. The first kappa shape index (κ1) is 14.4. The Balaban J connectivity index is 1.58. The Hall–Kier alpha value is -3.15. The average Bonchev–Trinajstić information content (AvgIpc) is 3.07. The van der Waals surface area contributed by atoms with Gasteiger partial charge >= 0.3 is 0 Å². The molecule has 0 radical (unpaired) electrons. The highest BCUT2D eigenvalue weighted by atomic mass is 16.7. The maximum absolute atomic E-state index is 12.3. The normalized spacial score (nSPS) is 12.4. The Morgan fingerprint density at radius 1 is 1.12 bits per heavy atom. The first-order valence-corrected chi connectivity index (χ1v) is 7.56. The first-order valence-electron chi connectivity index (χ1n) is 7.56. The van der Waals surface area contributed by atoms with Gasteiger partial charge in [0, 0.05) is 29.9 Å². The Labute approximate surface area is 138 Å². The van der Waals surface area contributed by atoms with E-state index < -0.39 is 0 Å². The van der Waals surface area contributed by atoms with Crippen LogP contribution in [-0.4, -0.2) is 18.9 Å². The SMILES string of the molecule is COc1ccc2cc(CNc3ccc4c(c3)OCO4)c(=O)[nH]c2c1. The molecule has 0 saturated carbocycles. The second-order valence-electron chi connectivity index (χ2n) is 5.50. The number of fused-ring (bicyclic) bond motifs is 2. The van der Waals surface area contributed by atoms with Gasteiger partial charge in [-0.05, 0) is 35.7 Å². The number of H-pyrrole nitrogens is 1. The molecule has 0 unspecified atom stereocenters. The van der Waals surface area contributed by atoms with E-state index in [1.165, 1.54) is 0 Å². The number of hydrogen-bond donors (Lipinski definition) is 2. The molecule has 2 aromatic carbocycles. The van der Waals surface area contributed by atoms with Crippen LogP contribution in [0.4, 0.5) is 5.69 Å². The van der Waals surface area contributed by atoms with Gasteiger partial charge in [0.2, 0.25) is 6.79 Å². The van der Waals surface area contributed by atoms with Gasteiger partial charge in [0.15, 0.2) is 11.5 Å². The maximum atomic E-state index is 12.3. The van der Waals surface area contributed by atoms with Gasteiger partial charge in [-0.2, -0.15) is 0 Å². The van der Waals surface area contributed by atoms with E-state index in [1.54, 1.807) is 7.11 Å². The van der Waals surface area contributed by atoms with Crippen molar-refractivity contribution in [1.82, 2.24) is 4.98 Å². The predicted octanol–water partition coefficient (Wildman–Crippen LogP) is 2.88. The second kappa shape index (κ2) is 5.81. The molecular weight excluding hydrogens is 308 g/mol. The smallest absolute Gasteiger partial charge is 0.253 e. The van der Waals surface area contributed by atoms with Gasteiger partial charge in [-0.25, -0.2) is 0 Å². The van der Waals surface area contributed by atoms with Gasteiger partial charge in [0.05, 0.1) is 12.6 Å². The summed E-state index contributed by atoms with van der Waals surface area (Å²) >= 11 is 0. The summed E-state index contributed by atoms with van der Waals surface area (Å²) in [4.78, 5) is 15.2. The van der Waals surface area contributed by atoms with Crippen LogP contribution in [0.3, 0.4) is 0 Å². The summed E-state index contributed by atoms with van der Waals surface area (Å²) in [5.74, 6) is 2.15. The molecule has 4 rings (SSSR count). The molecule has 3 aromatic rings. The third-order valence-corrected chi connectivity index (χ3v) is 3.99. The summed E-state index contributed by atoms with van der Waals surface area (Å²) in [6.07, 6.45) is 0. The number of pyridine rings is 1. The number of methoxy groups -OCH3 is 1. The van der Waals surface area contributed by atoms with Gasteiger partial charge < -0.3 is 24.5 Å². The van der Waals surface area contributed by atoms with Gasteiger partial charge in [-0.15, -0.1) is 0 Å². The molecule has 0 aliphatic carbocycles. The Morgan fingerprint density at radius 2 is 2.00 bits per heavy atom. The lowest BCUT2D eigenvalue weighted by atomic mass is 10.1. The number of ether oxygens (including phenoxy) is 3. The second-order valence-corrected chi connectivity index (χ2v) is 5.50. The lowest BCUT2D eigenvalue weighted by molar-refractivity contribution is 0.174. The number of rotatable bonds is 4. The van der Waals surface area contributed by atoms with Crippen molar-refractivity contribution in [3.05, 3.63) is 58.4 Å². The topological polar surface area (TPSA) is 72.6 Å². The molecular formula is C18H16N2O4. The zero-order valence-corrected chi connectivity index (χ0v) is 13.1. The summed E-state index contributed by atoms with van der Waals surface area (Å²) in [6, 6.07) is 13.1. The van der Waals surface area contributed by atoms with Crippen LogP contribution in [-0.2, 0) is 6.54 Å². The zero-order chi connectivity index (χ0) is 16.5. The molecule has 0 amide bonds. The number of aromatic amines is 1. The average molecular weight is 324 g/mol. The van der Waals surface area contributed by atoms with E-state index in [2.05, 4.69) is 10.3 Å². The number of aromatic nitrogens is 1. The van der Waals surface area contributed by atoms with Crippen LogP contribution in [0.5, 0.6) is 17.2 Å². The van der Waals surface area contributed by atoms with Gasteiger partial charge in [0.1, 0.15) is 5.75 Å². The van der Waals surface area contributed by atoms with Crippen molar-refractivity contribution in [2.24, 2.45) is 0 Å². The lowest BCUT2D eigenvalue weighted by Gasteiger charge is -2.08. The molecule has 1 aliphatic heterocycles. The molecule has 6 nitrogen and oxygen atoms in total. The van der Waals surface area contributed by atoms with Gasteiger partial charge in [0.25, 0.3) is 5.56 Å². The Bertz CT molecular complexity index is 965. The van der Waals surface area contributed by atoms with E-state index in [0.29, 0.717) is 23.6 Å². The van der Waals surface area contributed by atoms with Crippen LogP contribution in [0.1, 0.15) is 5.56 Å². The van der Waals surface area contributed by atoms with Crippen molar-refractivity contribution in [3.8, 4) is 17.2 Å². The third kappa shape index (κ3) is 2.62. The lowest BCUT2D eigenvalue weighted by Crippen LogP contribution is -2.15. The van der Waals surface area contributed by atoms with E-state index in [4.69, 9.17) is 14.2 Å². The molecule has 1 aliphatic rings. The molecule has 0 bridgehead atoms. The van der Waals surface area contributed by atoms with Crippen molar-refractivity contribution < 1.29 is 14.2 Å². The standard InChI is InChI=1S/C18H16N2O4/c1-22-14-4-2-11-6-12(18(21)20-15(11)8-14)9-19-13-3-5-16-17(7-13)24-10-23-16/h2-8,19H,9-10H2,1H3,(H,20,21). The van der Waals surface area contributed by atoms with Crippen molar-refractivity contribution in [1.29, 1.82) is 0 Å². The van der Waals surface area contributed by atoms with Crippen molar-refractivity contribution in [2.75, 3.05) is 19.2 Å². The van der Waals surface area contributed by atoms with Crippen molar-refractivity contribution >= 4 is 16.6 Å². The molecule has 0 atom stereocenters. The molecule has 1 aromatic heterocycles. The van der Waals surface area contributed by atoms with E-state index in [1.807, 2.05) is 42.5 Å². The van der Waals surface area contributed by atoms with Crippen LogP contribution in [0.2, 0.25) is 0 Å². The van der Waals surface area contributed by atoms with E-state index >= 15 is 0 Å². The van der Waals surface area contributed by atoms with Crippen LogP contribution >= 0.6 is 0 Å². The number of benzene rings is 2. The highest BCUT2D eigenvalue weighted by Crippen LogP contribution is 2.34. The highest BCUT2D eigenvalue weighted by Gasteiger charge is 2.13. The molecule has 6 heteroatoms. The summed E-state index contributed by atoms with van der Waals surface area (Å²) < 4.78 is 15.8. The molecule has 122 valence electrons. The summed E-state index contributed by atoms with van der Waals surface area (Å²) in [5.41, 5.74) is 2.16. The fourth-order valence-corrected chi connectivity index (χ4v) is 2.69. The minimum absolute atomic E-state index is 0.121. The van der Waals surface area contributed by atoms with Gasteiger partial charge in [-0.1, -0.05) is 0 Å². The highest BCUT2D eigenvalue weighted by molar-refractivity contribution is 5.80. The van der Waals surface area contributed by atoms with Crippen LogP contribution in [0, 0.1) is 0 Å². The minimum atomic E-state index is -0.121. The first-order chi connectivity index (χ1) is 11.7. The predicted molar refractivity (Wildman–Crippen MR) is 91.0 cm³/mol. The molecule has 0 fully saturated rings. The quantitative estimate of drug-likeness (QED) is 0.772. The Kier molecular flexibility index (Phi) is 3.49. The van der Waals surface area contributed by atoms with E-state index in [-0.39, 0.29) is 12.4 Å². The summed E-state index contributed by atoms with van der Waals surface area (Å²) in [6.45, 7) is 0.656. The van der Waals surface area contributed by atoms with Crippen LogP contribution < -0.4 is 25.1 Å². The number of nitrogens with one attached hydrogen (secondary N) is 2. The molecule has 2 heterocycles. The van der Waals surface area contributed by atoms with Crippen molar-refractivity contribution in [2.45, 2.75) is 6.54 Å². The molecule has 0 spiro atoms. The number of hydrogen-bond acceptors (Lipinski definition) is 5. The fourth-order valence-electron chi connectivity index (χ4n) is 2.69. The fraction of sp³-hybridized carbons (Fsp3) is 0.167. The minimum Gasteiger partial charge on any atom is -0.497 e. The van der Waals surface area contributed by atoms with E-state index in [0.717, 1.165) is 22.3 Å². The van der Waals surface area contributed by atoms with Crippen LogP contribution in [0.25, 0.3) is 10.9 Å². The zero-order valence-electron chi connectivity index (χ0n) is 13.1. The summed E-state index contributed by atoms with van der Waals surface area (Å²) in [7, 11) is 1.60. The maximum Gasteiger partial charge on any atom is 0.253 e. The Morgan fingerprint density at radius 3 is 2.88 bits per heavy atom. The molecule has 24 heavy (non-hydrogen) atoms. The van der Waals surface area contributed by atoms with Crippen LogP contribution in [0.15, 0.2) is 47.3 Å². The monoisotopic (exact) mass is 324 g/mol. The molecule has 0 saturated heterocycles. The van der Waals surface area contributed by atoms with Gasteiger partial charge in [-0.3, -0.25) is 4.79 Å². The third-order valence-electron chi connectivity index (χ3n) is 3.99. The summed E-state index contributed by atoms with van der Waals surface area (Å²) in [5, 5.41) is 4.19. The number of anilines is 1. The largest absolute Gasteiger partial charge is 0.497 e. The van der Waals surface area contributed by atoms with Crippen molar-refractivity contribution in [3.63, 3.8) is 0 Å².